The topological polar surface area (TPSA) is 78.7 Å². The standard InChI is InChI=1S/C13H9FN4O/c1-8-5-9(6-15)7-16-12(8)13(19)18-11-4-2-3-10(14)17-11/h2-5,7H,1H3,(H,17,18,19). The van der Waals surface area contributed by atoms with Crippen LogP contribution < -0.4 is 5.32 Å². The molecule has 6 heteroatoms. The summed E-state index contributed by atoms with van der Waals surface area (Å²) in [6.07, 6.45) is 1.31. The Bertz CT molecular complexity index is 679. The summed E-state index contributed by atoms with van der Waals surface area (Å²) in [4.78, 5) is 19.4. The van der Waals surface area contributed by atoms with Gasteiger partial charge in [0.25, 0.3) is 5.91 Å². The summed E-state index contributed by atoms with van der Waals surface area (Å²) >= 11 is 0. The van der Waals surface area contributed by atoms with Gasteiger partial charge in [-0.25, -0.2) is 9.97 Å². The minimum Gasteiger partial charge on any atom is -0.305 e. The summed E-state index contributed by atoms with van der Waals surface area (Å²) < 4.78 is 12.9. The Morgan fingerprint density at radius 2 is 2.26 bits per heavy atom. The Hall–Kier alpha value is -2.81. The number of hydrogen-bond donors (Lipinski definition) is 1. The molecule has 0 saturated carbocycles. The predicted molar refractivity (Wildman–Crippen MR) is 65.8 cm³/mol. The van der Waals surface area contributed by atoms with Crippen LogP contribution in [0.1, 0.15) is 21.6 Å². The molecular formula is C13H9FN4O. The van der Waals surface area contributed by atoms with Gasteiger partial charge in [-0.15, -0.1) is 0 Å². The van der Waals surface area contributed by atoms with Gasteiger partial charge in [-0.05, 0) is 30.7 Å². The Kier molecular flexibility index (Phi) is 3.48. The zero-order chi connectivity index (χ0) is 13.8. The Labute approximate surface area is 108 Å². The summed E-state index contributed by atoms with van der Waals surface area (Å²) in [5.74, 6) is -1.07. The number of carbonyl (C=O) groups excluding carboxylic acids is 1. The molecule has 2 aromatic heterocycles. The molecule has 2 rings (SSSR count). The lowest BCUT2D eigenvalue weighted by Gasteiger charge is -2.06. The minimum absolute atomic E-state index is 0.107. The average Bonchev–Trinajstić information content (AvgIpc) is 2.38. The van der Waals surface area contributed by atoms with Crippen LogP contribution in [0, 0.1) is 24.2 Å². The van der Waals surface area contributed by atoms with E-state index in [1.165, 1.54) is 24.4 Å². The van der Waals surface area contributed by atoms with E-state index < -0.39 is 11.9 Å². The summed E-state index contributed by atoms with van der Waals surface area (Å²) in [6.45, 7) is 1.67. The first kappa shape index (κ1) is 12.6. The minimum atomic E-state index is -0.678. The van der Waals surface area contributed by atoms with Gasteiger partial charge in [0, 0.05) is 6.20 Å². The summed E-state index contributed by atoms with van der Waals surface area (Å²) in [5, 5.41) is 11.2. The number of anilines is 1. The SMILES string of the molecule is Cc1cc(C#N)cnc1C(=O)Nc1cccc(F)n1. The molecule has 0 fully saturated rings. The second kappa shape index (κ2) is 5.23. The van der Waals surface area contributed by atoms with Crippen LogP contribution >= 0.6 is 0 Å². The van der Waals surface area contributed by atoms with Gasteiger partial charge >= 0.3 is 0 Å². The smallest absolute Gasteiger partial charge is 0.275 e. The number of nitriles is 1. The number of rotatable bonds is 2. The molecule has 0 aliphatic carbocycles. The van der Waals surface area contributed by atoms with Crippen LogP contribution in [0.25, 0.3) is 0 Å². The molecular weight excluding hydrogens is 247 g/mol. The van der Waals surface area contributed by atoms with E-state index in [4.69, 9.17) is 5.26 Å². The summed E-state index contributed by atoms with van der Waals surface area (Å²) in [7, 11) is 0. The number of nitrogens with zero attached hydrogens (tertiary/aromatic N) is 3. The fourth-order valence-electron chi connectivity index (χ4n) is 1.53. The highest BCUT2D eigenvalue weighted by Gasteiger charge is 2.12. The van der Waals surface area contributed by atoms with E-state index in [1.807, 2.05) is 6.07 Å². The first-order chi connectivity index (χ1) is 9.10. The lowest BCUT2D eigenvalue weighted by atomic mass is 10.1. The largest absolute Gasteiger partial charge is 0.305 e. The molecule has 94 valence electrons. The van der Waals surface area contributed by atoms with Gasteiger partial charge in [0.1, 0.15) is 17.6 Å². The van der Waals surface area contributed by atoms with Crippen LogP contribution in [-0.4, -0.2) is 15.9 Å². The maximum Gasteiger partial charge on any atom is 0.275 e. The van der Waals surface area contributed by atoms with Crippen molar-refractivity contribution in [3.8, 4) is 6.07 Å². The molecule has 0 spiro atoms. The first-order valence-corrected chi connectivity index (χ1v) is 5.41. The van der Waals surface area contributed by atoms with Crippen molar-refractivity contribution in [1.29, 1.82) is 5.26 Å². The number of aryl methyl sites for hydroxylation is 1. The zero-order valence-electron chi connectivity index (χ0n) is 10.0. The van der Waals surface area contributed by atoms with Crippen molar-refractivity contribution >= 4 is 11.7 Å². The molecule has 0 saturated heterocycles. The van der Waals surface area contributed by atoms with Crippen molar-refractivity contribution in [2.75, 3.05) is 5.32 Å². The number of halogens is 1. The van der Waals surface area contributed by atoms with Gasteiger partial charge in [0.2, 0.25) is 5.95 Å². The van der Waals surface area contributed by atoms with Gasteiger partial charge in [-0.2, -0.15) is 9.65 Å². The van der Waals surface area contributed by atoms with Crippen LogP contribution in [0.4, 0.5) is 10.2 Å². The molecule has 5 nitrogen and oxygen atoms in total. The maximum atomic E-state index is 12.9. The molecule has 0 aliphatic rings. The molecule has 0 unspecified atom stereocenters. The molecule has 19 heavy (non-hydrogen) atoms. The Morgan fingerprint density at radius 3 is 2.89 bits per heavy atom. The molecule has 0 aliphatic heterocycles. The van der Waals surface area contributed by atoms with E-state index in [1.54, 1.807) is 13.0 Å². The van der Waals surface area contributed by atoms with Crippen LogP contribution in [-0.2, 0) is 0 Å². The summed E-state index contributed by atoms with van der Waals surface area (Å²) in [5.41, 5.74) is 1.11. The van der Waals surface area contributed by atoms with E-state index in [9.17, 15) is 9.18 Å². The van der Waals surface area contributed by atoms with Crippen LogP contribution in [0.15, 0.2) is 30.5 Å². The fraction of sp³-hybridized carbons (Fsp3) is 0.0769. The monoisotopic (exact) mass is 256 g/mol. The third-order valence-electron chi connectivity index (χ3n) is 2.38. The van der Waals surface area contributed by atoms with Gasteiger partial charge in [0.15, 0.2) is 0 Å². The second-order valence-electron chi connectivity index (χ2n) is 3.80. The third-order valence-corrected chi connectivity index (χ3v) is 2.38. The molecule has 0 aromatic carbocycles. The average molecular weight is 256 g/mol. The molecule has 1 N–H and O–H groups in total. The number of amides is 1. The number of hydrogen-bond acceptors (Lipinski definition) is 4. The normalized spacial score (nSPS) is 9.74. The first-order valence-electron chi connectivity index (χ1n) is 5.41. The molecule has 0 atom stereocenters. The Morgan fingerprint density at radius 1 is 1.47 bits per heavy atom. The third kappa shape index (κ3) is 2.90. The van der Waals surface area contributed by atoms with Gasteiger partial charge in [-0.1, -0.05) is 6.07 Å². The highest BCUT2D eigenvalue weighted by Crippen LogP contribution is 2.10. The molecule has 2 heterocycles. The van der Waals surface area contributed by atoms with Crippen molar-refractivity contribution in [3.05, 3.63) is 53.2 Å². The van der Waals surface area contributed by atoms with Gasteiger partial charge in [0.05, 0.1) is 5.56 Å². The van der Waals surface area contributed by atoms with E-state index in [0.29, 0.717) is 11.1 Å². The zero-order valence-corrected chi connectivity index (χ0v) is 10.0. The Balaban J connectivity index is 2.23. The van der Waals surface area contributed by atoms with E-state index in [0.717, 1.165) is 0 Å². The number of aromatic nitrogens is 2. The molecule has 0 radical (unpaired) electrons. The van der Waals surface area contributed by atoms with Gasteiger partial charge in [-0.3, -0.25) is 4.79 Å². The predicted octanol–water partition coefficient (Wildman–Crippen LogP) is 2.05. The lowest BCUT2D eigenvalue weighted by Crippen LogP contribution is -2.16. The van der Waals surface area contributed by atoms with Crippen LogP contribution in [0.5, 0.6) is 0 Å². The van der Waals surface area contributed by atoms with Gasteiger partial charge < -0.3 is 5.32 Å². The maximum absolute atomic E-state index is 12.9. The molecule has 0 bridgehead atoms. The quantitative estimate of drug-likeness (QED) is 0.834. The number of nitrogens with one attached hydrogen (secondary N) is 1. The summed E-state index contributed by atoms with van der Waals surface area (Å²) in [6, 6.07) is 7.59. The lowest BCUT2D eigenvalue weighted by molar-refractivity contribution is 0.102. The van der Waals surface area contributed by atoms with Crippen molar-refractivity contribution in [2.24, 2.45) is 0 Å². The van der Waals surface area contributed by atoms with Crippen molar-refractivity contribution in [3.63, 3.8) is 0 Å². The highest BCUT2D eigenvalue weighted by atomic mass is 19.1. The van der Waals surface area contributed by atoms with Crippen molar-refractivity contribution < 1.29 is 9.18 Å². The fourth-order valence-corrected chi connectivity index (χ4v) is 1.53. The van der Waals surface area contributed by atoms with Crippen LogP contribution in [0.3, 0.4) is 0 Å². The number of carbonyl (C=O) groups is 1. The van der Waals surface area contributed by atoms with Crippen LogP contribution in [0.2, 0.25) is 0 Å². The highest BCUT2D eigenvalue weighted by molar-refractivity contribution is 6.03. The molecule has 1 amide bonds. The van der Waals surface area contributed by atoms with Crippen molar-refractivity contribution in [1.82, 2.24) is 9.97 Å². The van der Waals surface area contributed by atoms with E-state index in [-0.39, 0.29) is 11.5 Å². The molecule has 2 aromatic rings. The van der Waals surface area contributed by atoms with E-state index in [2.05, 4.69) is 15.3 Å². The number of pyridine rings is 2. The van der Waals surface area contributed by atoms with E-state index >= 15 is 0 Å². The van der Waals surface area contributed by atoms with Crippen molar-refractivity contribution in [2.45, 2.75) is 6.92 Å². The second-order valence-corrected chi connectivity index (χ2v) is 3.80.